The lowest BCUT2D eigenvalue weighted by molar-refractivity contribution is -0.386. The zero-order chi connectivity index (χ0) is 36.7. The molecule has 1 amide bonds. The first-order valence-corrected chi connectivity index (χ1v) is 15.3. The van der Waals surface area contributed by atoms with Gasteiger partial charge >= 0.3 is 23.8 Å². The predicted octanol–water partition coefficient (Wildman–Crippen LogP) is 5.49. The van der Waals surface area contributed by atoms with Crippen molar-refractivity contribution in [3.63, 3.8) is 0 Å². The molecule has 1 aliphatic rings. The Hall–Kier alpha value is -4.81. The third-order valence-corrected chi connectivity index (χ3v) is 7.51. The van der Waals surface area contributed by atoms with E-state index in [4.69, 9.17) is 28.5 Å². The number of carbonyl (C=O) groups excluding carboxylic acids is 5. The third-order valence-electron chi connectivity index (χ3n) is 7.51. The Kier molecular flexibility index (Phi) is 17.0. The van der Waals surface area contributed by atoms with E-state index < -0.39 is 23.0 Å². The highest BCUT2D eigenvalue weighted by Crippen LogP contribution is 2.38. The van der Waals surface area contributed by atoms with E-state index in [9.17, 15) is 24.5 Å². The summed E-state index contributed by atoms with van der Waals surface area (Å²) in [5.41, 5.74) is 2.36. The van der Waals surface area contributed by atoms with Crippen LogP contribution in [0.3, 0.4) is 0 Å². The number of benzene rings is 2. The second-order valence-corrected chi connectivity index (χ2v) is 11.6. The fourth-order valence-electron chi connectivity index (χ4n) is 4.51. The molecule has 0 unspecified atom stereocenters. The highest BCUT2D eigenvalue weighted by molar-refractivity contribution is 6.02. The lowest BCUT2D eigenvalue weighted by atomic mass is 10.00. The summed E-state index contributed by atoms with van der Waals surface area (Å²) >= 11 is 0. The van der Waals surface area contributed by atoms with Gasteiger partial charge in [0.2, 0.25) is 0 Å². The van der Waals surface area contributed by atoms with Crippen molar-refractivity contribution < 1.29 is 52.6 Å². The molecule has 0 N–H and O–H groups in total. The largest absolute Gasteiger partial charge is 0.484 e. The molecule has 0 bridgehead atoms. The van der Waals surface area contributed by atoms with Crippen molar-refractivity contribution in [2.75, 3.05) is 39.4 Å². The van der Waals surface area contributed by atoms with Crippen LogP contribution in [0.15, 0.2) is 24.3 Å². The molecule has 0 aliphatic carbocycles. The van der Waals surface area contributed by atoms with E-state index in [-0.39, 0.29) is 47.0 Å². The Morgan fingerprint density at radius 3 is 1.96 bits per heavy atom. The summed E-state index contributed by atoms with van der Waals surface area (Å²) in [4.78, 5) is 65.0. The predicted molar refractivity (Wildman–Crippen MR) is 174 cm³/mol. The molecule has 1 heterocycles. The summed E-state index contributed by atoms with van der Waals surface area (Å²) < 4.78 is 26.1. The SMILES string of the molecule is COC(=O)c1cc([N+](=O)[O-])c(O[C@@H](C)C(C)C)cc1C.COCCCCN1C(=O)[C@@H](C(C)C)Oc2cc(C)c(C(=O)OC)cc21.O=C=O. The number of fused-ring (bicyclic) bond motifs is 1. The van der Waals surface area contributed by atoms with Gasteiger partial charge in [-0.3, -0.25) is 14.9 Å². The van der Waals surface area contributed by atoms with Crippen LogP contribution in [0, 0.1) is 35.8 Å². The monoisotopic (exact) mass is 674 g/mol. The Balaban J connectivity index is 0.000000453. The van der Waals surface area contributed by atoms with Crippen molar-refractivity contribution in [2.45, 2.75) is 73.5 Å². The third kappa shape index (κ3) is 11.2. The maximum Gasteiger partial charge on any atom is 0.373 e. The number of ether oxygens (including phenoxy) is 5. The van der Waals surface area contributed by atoms with Crippen LogP contribution in [-0.2, 0) is 28.6 Å². The maximum atomic E-state index is 12.9. The van der Waals surface area contributed by atoms with Crippen molar-refractivity contribution in [1.29, 1.82) is 0 Å². The molecule has 0 spiro atoms. The van der Waals surface area contributed by atoms with Gasteiger partial charge in [-0.25, -0.2) is 9.59 Å². The number of amides is 1. The molecule has 0 saturated carbocycles. The number of nitro groups is 1. The fourth-order valence-corrected chi connectivity index (χ4v) is 4.51. The first-order valence-electron chi connectivity index (χ1n) is 15.3. The first-order chi connectivity index (χ1) is 22.6. The minimum Gasteiger partial charge on any atom is -0.484 e. The van der Waals surface area contributed by atoms with E-state index >= 15 is 0 Å². The van der Waals surface area contributed by atoms with Gasteiger partial charge in [-0.15, -0.1) is 0 Å². The fraction of sp³-hybridized carbons (Fsp3) is 0.529. The van der Waals surface area contributed by atoms with Gasteiger partial charge < -0.3 is 28.6 Å². The summed E-state index contributed by atoms with van der Waals surface area (Å²) in [5.74, 6) is -0.0128. The molecular weight excluding hydrogens is 628 g/mol. The standard InChI is InChI=1S/C19H27NO5.C14H19NO5.CO2/c1-12(2)17-18(21)20(8-6-7-9-23-4)15-11-14(19(22)24-5)13(3)10-16(15)25-17;1-8(2)10(4)20-13-6-9(3)11(14(16)19-5)7-12(13)15(17)18;2-1-3/h10-12,17H,6-9H2,1-5H3;6-8,10H,1-5H3;/t17-;10-;/m10./s1. The van der Waals surface area contributed by atoms with Crippen LogP contribution in [0.25, 0.3) is 0 Å². The van der Waals surface area contributed by atoms with Crippen LogP contribution in [0.5, 0.6) is 11.5 Å². The molecule has 2 atom stereocenters. The van der Waals surface area contributed by atoms with Crippen molar-refractivity contribution in [3.8, 4) is 11.5 Å². The van der Waals surface area contributed by atoms with Crippen molar-refractivity contribution in [1.82, 2.24) is 0 Å². The highest BCUT2D eigenvalue weighted by atomic mass is 16.6. The summed E-state index contributed by atoms with van der Waals surface area (Å²) in [7, 11) is 4.24. The average molecular weight is 675 g/mol. The number of hydrogen-bond donors (Lipinski definition) is 0. The molecule has 2 aromatic carbocycles. The Bertz CT molecular complexity index is 1460. The van der Waals surface area contributed by atoms with Crippen LogP contribution in [0.2, 0.25) is 0 Å². The Morgan fingerprint density at radius 2 is 1.48 bits per heavy atom. The number of esters is 2. The van der Waals surface area contributed by atoms with Gasteiger partial charge in [0.1, 0.15) is 5.75 Å². The van der Waals surface area contributed by atoms with Crippen LogP contribution < -0.4 is 14.4 Å². The molecule has 0 radical (unpaired) electrons. The summed E-state index contributed by atoms with van der Waals surface area (Å²) in [6.45, 7) is 14.4. The van der Waals surface area contributed by atoms with Gasteiger partial charge in [-0.05, 0) is 74.8 Å². The number of rotatable bonds is 12. The van der Waals surface area contributed by atoms with E-state index in [0.29, 0.717) is 35.7 Å². The van der Waals surface area contributed by atoms with E-state index in [1.54, 1.807) is 25.0 Å². The van der Waals surface area contributed by atoms with Crippen molar-refractivity contribution in [2.24, 2.45) is 11.8 Å². The first kappa shape index (κ1) is 41.2. The number of carbonyl (C=O) groups is 3. The highest BCUT2D eigenvalue weighted by Gasteiger charge is 2.37. The van der Waals surface area contributed by atoms with E-state index in [2.05, 4.69) is 4.74 Å². The maximum absolute atomic E-state index is 12.9. The average Bonchev–Trinajstić information content (AvgIpc) is 3.03. The van der Waals surface area contributed by atoms with Gasteiger partial charge in [0, 0.05) is 26.3 Å². The zero-order valence-corrected chi connectivity index (χ0v) is 29.2. The smallest absolute Gasteiger partial charge is 0.373 e. The molecule has 0 aromatic heterocycles. The van der Waals surface area contributed by atoms with Gasteiger partial charge in [0.05, 0.1) is 42.1 Å². The molecule has 264 valence electrons. The number of aryl methyl sites for hydroxylation is 2. The summed E-state index contributed by atoms with van der Waals surface area (Å²) in [5, 5.41) is 11.1. The number of nitro benzene ring substituents is 1. The second-order valence-electron chi connectivity index (χ2n) is 11.6. The minimum absolute atomic E-state index is 0.0581. The Labute approximate surface area is 280 Å². The molecule has 2 aromatic rings. The van der Waals surface area contributed by atoms with E-state index in [0.717, 1.165) is 18.4 Å². The normalized spacial score (nSPS) is 13.9. The minimum atomic E-state index is -0.603. The second kappa shape index (κ2) is 19.8. The molecule has 0 fully saturated rings. The Morgan fingerprint density at radius 1 is 0.938 bits per heavy atom. The molecule has 3 rings (SSSR count). The van der Waals surface area contributed by atoms with Crippen LogP contribution in [-0.4, -0.2) is 75.6 Å². The molecule has 0 saturated heterocycles. The number of hydrogen-bond acceptors (Lipinski definition) is 12. The molecular formula is C34H46N2O12. The van der Waals surface area contributed by atoms with Crippen LogP contribution in [0.1, 0.15) is 79.3 Å². The molecule has 14 heteroatoms. The molecule has 14 nitrogen and oxygen atoms in total. The summed E-state index contributed by atoms with van der Waals surface area (Å²) in [6.07, 6.45) is 1.24. The van der Waals surface area contributed by atoms with Gasteiger partial charge in [0.15, 0.2) is 11.9 Å². The molecule has 1 aliphatic heterocycles. The lowest BCUT2D eigenvalue weighted by Gasteiger charge is -2.36. The van der Waals surface area contributed by atoms with Crippen molar-refractivity contribution >= 4 is 35.4 Å². The van der Waals surface area contributed by atoms with Crippen molar-refractivity contribution in [3.05, 3.63) is 56.6 Å². The summed E-state index contributed by atoms with van der Waals surface area (Å²) in [6, 6.07) is 6.21. The number of methoxy groups -OCH3 is 3. The number of nitrogens with zero attached hydrogens (tertiary/aromatic N) is 2. The lowest BCUT2D eigenvalue weighted by Crippen LogP contribution is -2.48. The number of anilines is 1. The van der Waals surface area contributed by atoms with E-state index in [1.807, 2.05) is 47.6 Å². The topological polar surface area (TPSA) is 178 Å². The number of unbranched alkanes of at least 4 members (excludes halogenated alkanes) is 1. The van der Waals surface area contributed by atoms with Gasteiger partial charge in [-0.1, -0.05) is 27.7 Å². The van der Waals surface area contributed by atoms with Crippen LogP contribution in [0.4, 0.5) is 11.4 Å². The zero-order valence-electron chi connectivity index (χ0n) is 29.2. The van der Waals surface area contributed by atoms with Gasteiger partial charge in [-0.2, -0.15) is 9.59 Å². The van der Waals surface area contributed by atoms with E-state index in [1.165, 1.54) is 26.4 Å². The van der Waals surface area contributed by atoms with Gasteiger partial charge in [0.25, 0.3) is 5.91 Å². The molecule has 48 heavy (non-hydrogen) atoms. The van der Waals surface area contributed by atoms with Crippen LogP contribution >= 0.6 is 0 Å². The quantitative estimate of drug-likeness (QED) is 0.120.